The molecule has 1 aromatic carbocycles. The number of aliphatic hydroxyl groups is 1. The summed E-state index contributed by atoms with van der Waals surface area (Å²) in [6.07, 6.45) is 1.55. The minimum atomic E-state index is -0.286. The standard InChI is InChI=1S/C18H27NO4/c1-18(13-20,16-11-15(16)17(21)19(2)22-3)9-10-23-12-14-7-5-4-6-8-14/h4-8,15-16,20H,9-13H2,1-3H3/t15-,16+,18+/m0/s1. The van der Waals surface area contributed by atoms with E-state index in [0.29, 0.717) is 13.2 Å². The van der Waals surface area contributed by atoms with Gasteiger partial charge in [-0.25, -0.2) is 5.06 Å². The molecule has 1 aliphatic carbocycles. The van der Waals surface area contributed by atoms with Gasteiger partial charge in [0.1, 0.15) is 0 Å². The zero-order chi connectivity index (χ0) is 16.9. The Kier molecular flexibility index (Phi) is 6.16. The zero-order valence-electron chi connectivity index (χ0n) is 14.2. The Labute approximate surface area is 138 Å². The quantitative estimate of drug-likeness (QED) is 0.560. The summed E-state index contributed by atoms with van der Waals surface area (Å²) in [5.74, 6) is 0.131. The van der Waals surface area contributed by atoms with Crippen LogP contribution < -0.4 is 0 Å². The van der Waals surface area contributed by atoms with Gasteiger partial charge in [-0.05, 0) is 29.7 Å². The van der Waals surface area contributed by atoms with E-state index < -0.39 is 0 Å². The first-order valence-electron chi connectivity index (χ1n) is 8.06. The van der Waals surface area contributed by atoms with Gasteiger partial charge >= 0.3 is 0 Å². The monoisotopic (exact) mass is 321 g/mol. The van der Waals surface area contributed by atoms with Crippen LogP contribution in [0.4, 0.5) is 0 Å². The van der Waals surface area contributed by atoms with Gasteiger partial charge in [0.25, 0.3) is 0 Å². The van der Waals surface area contributed by atoms with Crippen LogP contribution in [0.25, 0.3) is 0 Å². The number of amides is 1. The fraction of sp³-hybridized carbons (Fsp3) is 0.611. The molecule has 128 valence electrons. The van der Waals surface area contributed by atoms with Gasteiger partial charge in [0.15, 0.2) is 0 Å². The van der Waals surface area contributed by atoms with E-state index in [4.69, 9.17) is 9.57 Å². The van der Waals surface area contributed by atoms with Crippen LogP contribution in [0.5, 0.6) is 0 Å². The van der Waals surface area contributed by atoms with Crippen molar-refractivity contribution in [3.05, 3.63) is 35.9 Å². The zero-order valence-corrected chi connectivity index (χ0v) is 14.2. The predicted molar refractivity (Wildman–Crippen MR) is 87.3 cm³/mol. The van der Waals surface area contributed by atoms with Gasteiger partial charge in [-0.1, -0.05) is 37.3 Å². The fourth-order valence-electron chi connectivity index (χ4n) is 3.01. The lowest BCUT2D eigenvalue weighted by Gasteiger charge is -2.28. The van der Waals surface area contributed by atoms with Crippen molar-refractivity contribution in [3.8, 4) is 0 Å². The Hall–Kier alpha value is -1.43. The number of hydrogen-bond donors (Lipinski definition) is 1. The van der Waals surface area contributed by atoms with Gasteiger partial charge in [-0.2, -0.15) is 0 Å². The lowest BCUT2D eigenvalue weighted by molar-refractivity contribution is -0.171. The summed E-state index contributed by atoms with van der Waals surface area (Å²) in [5, 5.41) is 11.1. The Morgan fingerprint density at radius 3 is 2.70 bits per heavy atom. The van der Waals surface area contributed by atoms with Crippen LogP contribution >= 0.6 is 0 Å². The summed E-state index contributed by atoms with van der Waals surface area (Å²) < 4.78 is 5.73. The third-order valence-corrected chi connectivity index (χ3v) is 4.88. The van der Waals surface area contributed by atoms with Gasteiger partial charge in [-0.15, -0.1) is 0 Å². The number of benzene rings is 1. The molecule has 0 spiro atoms. The van der Waals surface area contributed by atoms with Crippen LogP contribution in [0.1, 0.15) is 25.3 Å². The van der Waals surface area contributed by atoms with Gasteiger partial charge in [0, 0.05) is 26.2 Å². The van der Waals surface area contributed by atoms with Crippen LogP contribution in [0.3, 0.4) is 0 Å². The van der Waals surface area contributed by atoms with E-state index in [1.165, 1.54) is 12.2 Å². The summed E-state index contributed by atoms with van der Waals surface area (Å²) in [6.45, 7) is 3.24. The molecule has 3 atom stereocenters. The van der Waals surface area contributed by atoms with Gasteiger partial charge < -0.3 is 9.84 Å². The smallest absolute Gasteiger partial charge is 0.249 e. The first-order valence-corrected chi connectivity index (χ1v) is 8.06. The molecule has 1 N–H and O–H groups in total. The van der Waals surface area contributed by atoms with Crippen molar-refractivity contribution in [1.29, 1.82) is 0 Å². The van der Waals surface area contributed by atoms with Gasteiger partial charge in [-0.3, -0.25) is 9.63 Å². The van der Waals surface area contributed by atoms with E-state index in [2.05, 4.69) is 0 Å². The highest BCUT2D eigenvalue weighted by Crippen LogP contribution is 2.53. The maximum atomic E-state index is 12.1. The van der Waals surface area contributed by atoms with E-state index in [-0.39, 0.29) is 29.8 Å². The molecule has 1 aromatic rings. The van der Waals surface area contributed by atoms with Gasteiger partial charge in [0.2, 0.25) is 5.91 Å². The van der Waals surface area contributed by atoms with Crippen molar-refractivity contribution in [1.82, 2.24) is 5.06 Å². The molecule has 5 heteroatoms. The molecule has 0 saturated heterocycles. The summed E-state index contributed by atoms with van der Waals surface area (Å²) >= 11 is 0. The normalized spacial score (nSPS) is 22.4. The lowest BCUT2D eigenvalue weighted by atomic mass is 9.81. The molecule has 5 nitrogen and oxygen atoms in total. The number of carbonyl (C=O) groups excluding carboxylic acids is 1. The summed E-state index contributed by atoms with van der Waals surface area (Å²) in [5.41, 5.74) is 0.852. The second-order valence-electron chi connectivity index (χ2n) is 6.57. The Morgan fingerprint density at radius 1 is 1.39 bits per heavy atom. The van der Waals surface area contributed by atoms with Crippen LogP contribution in [-0.2, 0) is 21.0 Å². The number of aliphatic hydroxyl groups excluding tert-OH is 1. The fourth-order valence-corrected chi connectivity index (χ4v) is 3.01. The van der Waals surface area contributed by atoms with E-state index in [0.717, 1.165) is 18.4 Å². The average molecular weight is 321 g/mol. The van der Waals surface area contributed by atoms with E-state index >= 15 is 0 Å². The number of carbonyl (C=O) groups is 1. The Morgan fingerprint density at radius 2 is 2.09 bits per heavy atom. The molecule has 1 aliphatic rings. The number of hydroxylamine groups is 2. The molecule has 0 bridgehead atoms. The highest BCUT2D eigenvalue weighted by atomic mass is 16.7. The molecule has 1 saturated carbocycles. The number of nitrogens with zero attached hydrogens (tertiary/aromatic N) is 1. The SMILES string of the molecule is CON(C)C(=O)[C@H]1C[C@H]1[C@@](C)(CO)CCOCc1ccccc1. The minimum Gasteiger partial charge on any atom is -0.396 e. The molecule has 1 amide bonds. The third kappa shape index (κ3) is 4.53. The molecule has 0 aromatic heterocycles. The van der Waals surface area contributed by atoms with Crippen molar-refractivity contribution in [2.24, 2.45) is 17.3 Å². The lowest BCUT2D eigenvalue weighted by Crippen LogP contribution is -2.32. The minimum absolute atomic E-state index is 0.0117. The Balaban J connectivity index is 1.79. The largest absolute Gasteiger partial charge is 0.396 e. The summed E-state index contributed by atoms with van der Waals surface area (Å²) in [7, 11) is 3.11. The van der Waals surface area contributed by atoms with Crippen LogP contribution in [0.15, 0.2) is 30.3 Å². The second kappa shape index (κ2) is 7.90. The van der Waals surface area contributed by atoms with Crippen LogP contribution in [0, 0.1) is 17.3 Å². The first kappa shape index (κ1) is 17.9. The topological polar surface area (TPSA) is 59.0 Å². The van der Waals surface area contributed by atoms with Crippen molar-refractivity contribution in [2.45, 2.75) is 26.4 Å². The molecule has 0 heterocycles. The molecule has 0 unspecified atom stereocenters. The molecule has 1 fully saturated rings. The maximum absolute atomic E-state index is 12.1. The van der Waals surface area contributed by atoms with Crippen LogP contribution in [0.2, 0.25) is 0 Å². The summed E-state index contributed by atoms with van der Waals surface area (Å²) in [4.78, 5) is 17.1. The molecular formula is C18H27NO4. The number of rotatable bonds is 9. The van der Waals surface area contributed by atoms with E-state index in [1.54, 1.807) is 7.05 Å². The Bertz CT molecular complexity index is 507. The second-order valence-corrected chi connectivity index (χ2v) is 6.57. The maximum Gasteiger partial charge on any atom is 0.249 e. The number of hydrogen-bond acceptors (Lipinski definition) is 4. The van der Waals surface area contributed by atoms with Crippen LogP contribution in [-0.4, -0.2) is 43.4 Å². The summed E-state index contributed by atoms with van der Waals surface area (Å²) in [6, 6.07) is 10.0. The van der Waals surface area contributed by atoms with Crippen molar-refractivity contribution >= 4 is 5.91 Å². The van der Waals surface area contributed by atoms with E-state index in [9.17, 15) is 9.90 Å². The first-order chi connectivity index (χ1) is 11.0. The molecule has 23 heavy (non-hydrogen) atoms. The van der Waals surface area contributed by atoms with Gasteiger partial charge in [0.05, 0.1) is 13.7 Å². The highest BCUT2D eigenvalue weighted by Gasteiger charge is 2.53. The predicted octanol–water partition coefficient (Wildman–Crippen LogP) is 2.25. The van der Waals surface area contributed by atoms with Crippen molar-refractivity contribution < 1.29 is 19.5 Å². The highest BCUT2D eigenvalue weighted by molar-refractivity contribution is 5.80. The average Bonchev–Trinajstić information content (AvgIpc) is 3.39. The molecular weight excluding hydrogens is 294 g/mol. The third-order valence-electron chi connectivity index (χ3n) is 4.88. The van der Waals surface area contributed by atoms with Crippen molar-refractivity contribution in [3.63, 3.8) is 0 Å². The van der Waals surface area contributed by atoms with Crippen molar-refractivity contribution in [2.75, 3.05) is 27.4 Å². The molecule has 2 rings (SSSR count). The van der Waals surface area contributed by atoms with E-state index in [1.807, 2.05) is 37.3 Å². The number of ether oxygens (including phenoxy) is 1. The molecule has 0 radical (unpaired) electrons. The molecule has 0 aliphatic heterocycles.